The number of rotatable bonds is 5. The highest BCUT2D eigenvalue weighted by Gasteiger charge is 1.99. The zero-order valence-electron chi connectivity index (χ0n) is 9.01. The molecule has 78 valence electrons. The van der Waals surface area contributed by atoms with E-state index in [1.54, 1.807) is 6.07 Å². The molecule has 0 aromatic heterocycles. The zero-order valence-corrected chi connectivity index (χ0v) is 9.01. The van der Waals surface area contributed by atoms with Crippen LogP contribution < -0.4 is 5.32 Å². The van der Waals surface area contributed by atoms with Crippen LogP contribution in [-0.4, -0.2) is 11.7 Å². The van der Waals surface area contributed by atoms with Gasteiger partial charge in [-0.05, 0) is 31.0 Å². The Morgan fingerprint density at radius 3 is 2.79 bits per heavy atom. The largest absolute Gasteiger partial charge is 0.506 e. The molecule has 0 spiro atoms. The Bertz CT molecular complexity index is 284. The van der Waals surface area contributed by atoms with E-state index in [1.807, 2.05) is 19.1 Å². The molecule has 0 amide bonds. The molecule has 0 atom stereocenters. The lowest BCUT2D eigenvalue weighted by Gasteiger charge is -2.08. The molecule has 1 aromatic carbocycles. The van der Waals surface area contributed by atoms with Gasteiger partial charge in [-0.1, -0.05) is 25.8 Å². The van der Waals surface area contributed by atoms with Gasteiger partial charge in [0.1, 0.15) is 5.75 Å². The van der Waals surface area contributed by atoms with Gasteiger partial charge in [0.2, 0.25) is 0 Å². The van der Waals surface area contributed by atoms with Crippen molar-refractivity contribution >= 4 is 5.69 Å². The van der Waals surface area contributed by atoms with Gasteiger partial charge in [-0.3, -0.25) is 0 Å². The molecule has 0 saturated carbocycles. The molecule has 0 unspecified atom stereocenters. The number of hydrogen-bond donors (Lipinski definition) is 2. The second kappa shape index (κ2) is 5.53. The highest BCUT2D eigenvalue weighted by atomic mass is 16.3. The van der Waals surface area contributed by atoms with Gasteiger partial charge in [-0.2, -0.15) is 0 Å². The molecule has 0 aliphatic rings. The number of aromatic hydroxyl groups is 1. The molecule has 0 aliphatic carbocycles. The molecule has 14 heavy (non-hydrogen) atoms. The fourth-order valence-corrected chi connectivity index (χ4v) is 1.39. The maximum absolute atomic E-state index is 9.53. The van der Waals surface area contributed by atoms with Crippen molar-refractivity contribution in [3.05, 3.63) is 23.8 Å². The van der Waals surface area contributed by atoms with Crippen LogP contribution in [0.5, 0.6) is 5.75 Å². The summed E-state index contributed by atoms with van der Waals surface area (Å²) in [6.45, 7) is 5.14. The first-order valence-electron chi connectivity index (χ1n) is 5.27. The smallest absolute Gasteiger partial charge is 0.138 e. The van der Waals surface area contributed by atoms with Crippen LogP contribution in [0.25, 0.3) is 0 Å². The van der Waals surface area contributed by atoms with Crippen LogP contribution >= 0.6 is 0 Å². The summed E-state index contributed by atoms with van der Waals surface area (Å²) >= 11 is 0. The van der Waals surface area contributed by atoms with E-state index in [0.29, 0.717) is 5.75 Å². The standard InChI is InChI=1S/C12H19NO/c1-3-4-5-8-13-11-9-10(2)6-7-12(11)14/h6-7,9,13-14H,3-5,8H2,1-2H3. The third kappa shape index (κ3) is 3.29. The highest BCUT2D eigenvalue weighted by Crippen LogP contribution is 2.23. The molecule has 0 fully saturated rings. The van der Waals surface area contributed by atoms with Crippen LogP contribution in [0.4, 0.5) is 5.69 Å². The van der Waals surface area contributed by atoms with Gasteiger partial charge < -0.3 is 10.4 Å². The number of phenolic OH excluding ortho intramolecular Hbond substituents is 1. The van der Waals surface area contributed by atoms with E-state index < -0.39 is 0 Å². The minimum atomic E-state index is 0.340. The maximum Gasteiger partial charge on any atom is 0.138 e. The lowest BCUT2D eigenvalue weighted by atomic mass is 10.2. The van der Waals surface area contributed by atoms with E-state index in [2.05, 4.69) is 12.2 Å². The van der Waals surface area contributed by atoms with Gasteiger partial charge in [0.05, 0.1) is 5.69 Å². The van der Waals surface area contributed by atoms with Crippen molar-refractivity contribution in [3.8, 4) is 5.75 Å². The van der Waals surface area contributed by atoms with Crippen molar-refractivity contribution in [2.45, 2.75) is 33.1 Å². The van der Waals surface area contributed by atoms with Gasteiger partial charge in [0, 0.05) is 6.54 Å². The number of unbranched alkanes of at least 4 members (excludes halogenated alkanes) is 2. The van der Waals surface area contributed by atoms with Crippen LogP contribution in [0.3, 0.4) is 0 Å². The van der Waals surface area contributed by atoms with Crippen LogP contribution in [0.2, 0.25) is 0 Å². The van der Waals surface area contributed by atoms with Crippen molar-refractivity contribution in [2.24, 2.45) is 0 Å². The van der Waals surface area contributed by atoms with Crippen LogP contribution in [0.1, 0.15) is 31.7 Å². The second-order valence-corrected chi connectivity index (χ2v) is 3.65. The van der Waals surface area contributed by atoms with Gasteiger partial charge in [0.15, 0.2) is 0 Å². The molecule has 1 aromatic rings. The van der Waals surface area contributed by atoms with E-state index >= 15 is 0 Å². The van der Waals surface area contributed by atoms with Crippen molar-refractivity contribution in [2.75, 3.05) is 11.9 Å². The van der Waals surface area contributed by atoms with Crippen molar-refractivity contribution < 1.29 is 5.11 Å². The normalized spacial score (nSPS) is 10.1. The van der Waals surface area contributed by atoms with Crippen LogP contribution in [-0.2, 0) is 0 Å². The minimum absolute atomic E-state index is 0.340. The summed E-state index contributed by atoms with van der Waals surface area (Å²) in [6, 6.07) is 5.62. The predicted molar refractivity (Wildman–Crippen MR) is 60.9 cm³/mol. The molecule has 0 aliphatic heterocycles. The highest BCUT2D eigenvalue weighted by molar-refractivity contribution is 5.56. The third-order valence-corrected chi connectivity index (χ3v) is 2.25. The average Bonchev–Trinajstić information content (AvgIpc) is 2.18. The van der Waals surface area contributed by atoms with Crippen molar-refractivity contribution in [3.63, 3.8) is 0 Å². The Hall–Kier alpha value is -1.18. The molecule has 2 N–H and O–H groups in total. The van der Waals surface area contributed by atoms with E-state index in [-0.39, 0.29) is 0 Å². The summed E-state index contributed by atoms with van der Waals surface area (Å²) in [5.41, 5.74) is 2.02. The number of phenols is 1. The Morgan fingerprint density at radius 1 is 1.29 bits per heavy atom. The number of anilines is 1. The van der Waals surface area contributed by atoms with Gasteiger partial charge in [-0.15, -0.1) is 0 Å². The summed E-state index contributed by atoms with van der Waals surface area (Å²) in [4.78, 5) is 0. The first-order valence-corrected chi connectivity index (χ1v) is 5.27. The van der Waals surface area contributed by atoms with Crippen LogP contribution in [0.15, 0.2) is 18.2 Å². The number of benzene rings is 1. The minimum Gasteiger partial charge on any atom is -0.506 e. The van der Waals surface area contributed by atoms with Crippen molar-refractivity contribution in [1.29, 1.82) is 0 Å². The summed E-state index contributed by atoms with van der Waals surface area (Å²) in [5.74, 6) is 0.340. The maximum atomic E-state index is 9.53. The van der Waals surface area contributed by atoms with E-state index in [1.165, 1.54) is 18.4 Å². The van der Waals surface area contributed by atoms with Gasteiger partial charge in [0.25, 0.3) is 0 Å². The third-order valence-electron chi connectivity index (χ3n) is 2.25. The predicted octanol–water partition coefficient (Wildman–Crippen LogP) is 3.30. The fraction of sp³-hybridized carbons (Fsp3) is 0.500. The fourth-order valence-electron chi connectivity index (χ4n) is 1.39. The summed E-state index contributed by atoms with van der Waals surface area (Å²) in [5, 5.41) is 12.8. The Labute approximate surface area is 86.0 Å². The van der Waals surface area contributed by atoms with Gasteiger partial charge in [-0.25, -0.2) is 0 Å². The monoisotopic (exact) mass is 193 g/mol. The molecule has 1 rings (SSSR count). The van der Waals surface area contributed by atoms with E-state index in [0.717, 1.165) is 18.7 Å². The summed E-state index contributed by atoms with van der Waals surface area (Å²) in [7, 11) is 0. The molecule has 2 heteroatoms. The lowest BCUT2D eigenvalue weighted by molar-refractivity contribution is 0.477. The molecular formula is C12H19NO. The van der Waals surface area contributed by atoms with Crippen molar-refractivity contribution in [1.82, 2.24) is 0 Å². The molecular weight excluding hydrogens is 174 g/mol. The second-order valence-electron chi connectivity index (χ2n) is 3.65. The van der Waals surface area contributed by atoms with E-state index in [9.17, 15) is 5.11 Å². The molecule has 2 nitrogen and oxygen atoms in total. The Morgan fingerprint density at radius 2 is 2.07 bits per heavy atom. The number of hydrogen-bond acceptors (Lipinski definition) is 2. The van der Waals surface area contributed by atoms with E-state index in [4.69, 9.17) is 0 Å². The summed E-state index contributed by atoms with van der Waals surface area (Å²) in [6.07, 6.45) is 3.62. The Kier molecular flexibility index (Phi) is 4.30. The Balaban J connectivity index is 2.45. The molecule has 0 heterocycles. The molecule has 0 saturated heterocycles. The lowest BCUT2D eigenvalue weighted by Crippen LogP contribution is -2.01. The molecule has 0 bridgehead atoms. The first kappa shape index (κ1) is 10.9. The quantitative estimate of drug-likeness (QED) is 0.555. The number of aryl methyl sites for hydroxylation is 1. The van der Waals surface area contributed by atoms with Crippen LogP contribution in [0, 0.1) is 6.92 Å². The SMILES string of the molecule is CCCCCNc1cc(C)ccc1O. The first-order chi connectivity index (χ1) is 6.74. The van der Waals surface area contributed by atoms with Gasteiger partial charge >= 0.3 is 0 Å². The topological polar surface area (TPSA) is 32.3 Å². The molecule has 0 radical (unpaired) electrons. The number of nitrogens with one attached hydrogen (secondary N) is 1. The average molecular weight is 193 g/mol. The summed E-state index contributed by atoms with van der Waals surface area (Å²) < 4.78 is 0. The zero-order chi connectivity index (χ0) is 10.4.